The molecule has 0 amide bonds. The van der Waals surface area contributed by atoms with Crippen LogP contribution in [0.25, 0.3) is 0 Å². The van der Waals surface area contributed by atoms with Crippen molar-refractivity contribution in [3.63, 3.8) is 0 Å². The molecule has 0 spiro atoms. The minimum Gasteiger partial charge on any atom is -0.493 e. The Kier molecular flexibility index (Phi) is 7.90. The van der Waals surface area contributed by atoms with E-state index in [1.165, 1.54) is 44.1 Å². The second-order valence-electron chi connectivity index (χ2n) is 6.78. The van der Waals surface area contributed by atoms with Crippen LogP contribution in [0.4, 0.5) is 0 Å². The fraction of sp³-hybridized carbons (Fsp3) is 0.700. The first-order valence-electron chi connectivity index (χ1n) is 9.45. The monoisotopic (exact) mass is 318 g/mol. The zero-order chi connectivity index (χ0) is 16.5. The van der Waals surface area contributed by atoms with Crippen LogP contribution in [0.15, 0.2) is 24.3 Å². The first-order chi connectivity index (χ1) is 11.3. The van der Waals surface area contributed by atoms with Crippen LogP contribution in [0.3, 0.4) is 0 Å². The van der Waals surface area contributed by atoms with Gasteiger partial charge in [-0.15, -0.1) is 0 Å². The minimum absolute atomic E-state index is 0.275. The molecule has 1 saturated heterocycles. The highest BCUT2D eigenvalue weighted by atomic mass is 16.5. The highest BCUT2D eigenvalue weighted by Gasteiger charge is 2.28. The van der Waals surface area contributed by atoms with Crippen LogP contribution in [-0.4, -0.2) is 30.6 Å². The molecular formula is C20H34N2O. The van der Waals surface area contributed by atoms with E-state index in [0.717, 1.165) is 25.3 Å². The van der Waals surface area contributed by atoms with Gasteiger partial charge in [-0.3, -0.25) is 4.90 Å². The van der Waals surface area contributed by atoms with Gasteiger partial charge in [-0.25, -0.2) is 0 Å². The Morgan fingerprint density at radius 3 is 2.78 bits per heavy atom. The summed E-state index contributed by atoms with van der Waals surface area (Å²) in [6.07, 6.45) is 8.83. The fourth-order valence-electron chi connectivity index (χ4n) is 3.62. The summed E-state index contributed by atoms with van der Waals surface area (Å²) in [5.41, 5.74) is 7.43. The Balaban J connectivity index is 2.04. The lowest BCUT2D eigenvalue weighted by atomic mass is 9.96. The lowest BCUT2D eigenvalue weighted by Crippen LogP contribution is -2.43. The van der Waals surface area contributed by atoms with Crippen LogP contribution < -0.4 is 10.5 Å². The molecule has 0 aliphatic carbocycles. The van der Waals surface area contributed by atoms with E-state index in [-0.39, 0.29) is 6.04 Å². The normalized spacial score (nSPS) is 20.4. The molecule has 1 aromatic carbocycles. The van der Waals surface area contributed by atoms with Crippen molar-refractivity contribution in [1.82, 2.24) is 4.90 Å². The molecule has 0 saturated carbocycles. The van der Waals surface area contributed by atoms with Crippen molar-refractivity contribution >= 4 is 0 Å². The summed E-state index contributed by atoms with van der Waals surface area (Å²) in [4.78, 5) is 2.57. The van der Waals surface area contributed by atoms with Crippen LogP contribution in [0.5, 0.6) is 5.75 Å². The van der Waals surface area contributed by atoms with Crippen molar-refractivity contribution in [3.8, 4) is 5.75 Å². The van der Waals surface area contributed by atoms with Crippen LogP contribution in [0, 0.1) is 0 Å². The van der Waals surface area contributed by atoms with Crippen molar-refractivity contribution in [1.29, 1.82) is 0 Å². The van der Waals surface area contributed by atoms with Crippen molar-refractivity contribution in [2.75, 3.05) is 19.7 Å². The maximum Gasteiger partial charge on any atom is 0.124 e. The quantitative estimate of drug-likeness (QED) is 0.680. The van der Waals surface area contributed by atoms with Crippen LogP contribution in [0.2, 0.25) is 0 Å². The minimum atomic E-state index is 0.275. The number of benzene rings is 1. The smallest absolute Gasteiger partial charge is 0.124 e. The zero-order valence-corrected chi connectivity index (χ0v) is 15.0. The SMILES string of the molecule is CCCCCCOc1ccccc1C(CN)N1CCCCC1C. The van der Waals surface area contributed by atoms with Gasteiger partial charge in [0.05, 0.1) is 12.6 Å². The zero-order valence-electron chi connectivity index (χ0n) is 15.0. The fourth-order valence-corrected chi connectivity index (χ4v) is 3.62. The van der Waals surface area contributed by atoms with E-state index in [2.05, 4.69) is 43.0 Å². The molecule has 1 aromatic rings. The molecule has 0 bridgehead atoms. The molecule has 1 aliphatic rings. The molecule has 23 heavy (non-hydrogen) atoms. The predicted octanol–water partition coefficient (Wildman–Crippen LogP) is 4.52. The molecule has 2 rings (SSSR count). The topological polar surface area (TPSA) is 38.5 Å². The molecule has 2 unspecified atom stereocenters. The van der Waals surface area contributed by atoms with E-state index in [4.69, 9.17) is 10.5 Å². The Bertz CT molecular complexity index is 449. The van der Waals surface area contributed by atoms with Gasteiger partial charge in [-0.05, 0) is 38.8 Å². The Morgan fingerprint density at radius 1 is 1.22 bits per heavy atom. The van der Waals surface area contributed by atoms with Gasteiger partial charge in [0.2, 0.25) is 0 Å². The van der Waals surface area contributed by atoms with E-state index in [9.17, 15) is 0 Å². The van der Waals surface area contributed by atoms with Gasteiger partial charge < -0.3 is 10.5 Å². The molecule has 1 aliphatic heterocycles. The third-order valence-electron chi connectivity index (χ3n) is 5.01. The van der Waals surface area contributed by atoms with Crippen LogP contribution >= 0.6 is 0 Å². The van der Waals surface area contributed by atoms with Gasteiger partial charge in [-0.1, -0.05) is 50.8 Å². The van der Waals surface area contributed by atoms with Gasteiger partial charge in [0, 0.05) is 18.2 Å². The molecule has 0 radical (unpaired) electrons. The summed E-state index contributed by atoms with van der Waals surface area (Å²) in [5.74, 6) is 1.03. The predicted molar refractivity (Wildman–Crippen MR) is 97.9 cm³/mol. The Morgan fingerprint density at radius 2 is 2.04 bits per heavy atom. The maximum atomic E-state index is 6.16. The summed E-state index contributed by atoms with van der Waals surface area (Å²) >= 11 is 0. The number of piperidine rings is 1. The number of nitrogens with two attached hydrogens (primary N) is 1. The third kappa shape index (κ3) is 5.22. The highest BCUT2D eigenvalue weighted by Crippen LogP contribution is 2.33. The summed E-state index contributed by atoms with van der Waals surface area (Å²) in [5, 5.41) is 0. The number of nitrogens with zero attached hydrogens (tertiary/aromatic N) is 1. The van der Waals surface area contributed by atoms with Crippen LogP contribution in [-0.2, 0) is 0 Å². The first-order valence-corrected chi connectivity index (χ1v) is 9.45. The number of hydrogen-bond donors (Lipinski definition) is 1. The second-order valence-corrected chi connectivity index (χ2v) is 6.78. The van der Waals surface area contributed by atoms with Gasteiger partial charge in [0.25, 0.3) is 0 Å². The molecule has 0 aromatic heterocycles. The van der Waals surface area contributed by atoms with Crippen molar-refractivity contribution < 1.29 is 4.74 Å². The van der Waals surface area contributed by atoms with E-state index in [1.807, 2.05) is 0 Å². The number of unbranched alkanes of at least 4 members (excludes halogenated alkanes) is 3. The molecule has 1 heterocycles. The van der Waals surface area contributed by atoms with Gasteiger partial charge in [0.15, 0.2) is 0 Å². The highest BCUT2D eigenvalue weighted by molar-refractivity contribution is 5.36. The maximum absolute atomic E-state index is 6.16. The molecule has 2 atom stereocenters. The third-order valence-corrected chi connectivity index (χ3v) is 5.01. The Hall–Kier alpha value is -1.06. The van der Waals surface area contributed by atoms with E-state index in [1.54, 1.807) is 0 Å². The summed E-state index contributed by atoms with van der Waals surface area (Å²) in [6, 6.07) is 9.36. The van der Waals surface area contributed by atoms with Crippen molar-refractivity contribution in [2.45, 2.75) is 70.9 Å². The summed E-state index contributed by atoms with van der Waals surface area (Å²) in [6.45, 7) is 7.18. The molecule has 1 fully saturated rings. The average molecular weight is 319 g/mol. The first kappa shape index (κ1) is 18.3. The Labute approximate surface area is 142 Å². The van der Waals surface area contributed by atoms with Crippen molar-refractivity contribution in [2.24, 2.45) is 5.73 Å². The lowest BCUT2D eigenvalue weighted by molar-refractivity contribution is 0.106. The molecule has 2 N–H and O–H groups in total. The standard InChI is InChI=1S/C20H34N2O/c1-3-4-5-10-15-23-20-13-7-6-12-18(20)19(16-21)22-14-9-8-11-17(22)2/h6-7,12-13,17,19H,3-5,8-11,14-16,21H2,1-2H3. The number of ether oxygens (including phenoxy) is 1. The largest absolute Gasteiger partial charge is 0.493 e. The number of rotatable bonds is 9. The summed E-state index contributed by atoms with van der Waals surface area (Å²) < 4.78 is 6.11. The molecule has 3 heteroatoms. The number of likely N-dealkylation sites (tertiary alicyclic amines) is 1. The number of para-hydroxylation sites is 1. The molecule has 130 valence electrons. The van der Waals surface area contributed by atoms with E-state index < -0.39 is 0 Å². The molecular weight excluding hydrogens is 284 g/mol. The van der Waals surface area contributed by atoms with Gasteiger partial charge in [0.1, 0.15) is 5.75 Å². The second kappa shape index (κ2) is 9.94. The number of hydrogen-bond acceptors (Lipinski definition) is 3. The van der Waals surface area contributed by atoms with Gasteiger partial charge in [-0.2, -0.15) is 0 Å². The average Bonchev–Trinajstić information content (AvgIpc) is 2.58. The summed E-state index contributed by atoms with van der Waals surface area (Å²) in [7, 11) is 0. The van der Waals surface area contributed by atoms with Crippen molar-refractivity contribution in [3.05, 3.63) is 29.8 Å². The lowest BCUT2D eigenvalue weighted by Gasteiger charge is -2.39. The van der Waals surface area contributed by atoms with Gasteiger partial charge >= 0.3 is 0 Å². The van der Waals surface area contributed by atoms with E-state index in [0.29, 0.717) is 12.6 Å². The molecule has 3 nitrogen and oxygen atoms in total. The van der Waals surface area contributed by atoms with E-state index >= 15 is 0 Å². The van der Waals surface area contributed by atoms with Crippen LogP contribution in [0.1, 0.15) is 70.4 Å².